The molecule has 0 aliphatic heterocycles. The molecule has 6 nitrogen and oxygen atoms in total. The van der Waals surface area contributed by atoms with Crippen molar-refractivity contribution >= 4 is 17.3 Å². The van der Waals surface area contributed by atoms with Gasteiger partial charge in [-0.05, 0) is 42.0 Å². The highest BCUT2D eigenvalue weighted by atomic mass is 16.5. The molecule has 0 amide bonds. The van der Waals surface area contributed by atoms with Crippen molar-refractivity contribution in [1.29, 1.82) is 0 Å². The van der Waals surface area contributed by atoms with Crippen LogP contribution in [0.2, 0.25) is 0 Å². The summed E-state index contributed by atoms with van der Waals surface area (Å²) in [6.45, 7) is 1.03. The third kappa shape index (κ3) is 3.14. The van der Waals surface area contributed by atoms with Crippen molar-refractivity contribution in [2.24, 2.45) is 7.05 Å². The highest BCUT2D eigenvalue weighted by Gasteiger charge is 2.07. The number of aryl methyl sites for hydroxylation is 1. The van der Waals surface area contributed by atoms with Crippen LogP contribution in [0.3, 0.4) is 0 Å². The van der Waals surface area contributed by atoms with Gasteiger partial charge in [0, 0.05) is 24.5 Å². The number of hydrogen-bond donors (Lipinski definition) is 0. The first-order valence-electron chi connectivity index (χ1n) is 8.31. The van der Waals surface area contributed by atoms with E-state index in [-0.39, 0.29) is 0 Å². The van der Waals surface area contributed by atoms with Gasteiger partial charge in [-0.15, -0.1) is 0 Å². The number of imidazole rings is 1. The predicted molar refractivity (Wildman–Crippen MR) is 98.2 cm³/mol. The number of fused-ring (bicyclic) bond motifs is 1. The van der Waals surface area contributed by atoms with Gasteiger partial charge in [-0.3, -0.25) is 14.0 Å². The lowest BCUT2D eigenvalue weighted by molar-refractivity contribution is 0.102. The summed E-state index contributed by atoms with van der Waals surface area (Å²) in [5.41, 5.74) is 5.51. The first kappa shape index (κ1) is 16.2. The first-order valence-corrected chi connectivity index (χ1v) is 8.31. The van der Waals surface area contributed by atoms with Crippen molar-refractivity contribution in [3.05, 3.63) is 77.9 Å². The molecule has 0 aliphatic carbocycles. The standard InChI is InChI=1S/C20H18N4O2/c1-23-18(7-8-22-23)13-26-12-16-3-2-4-17(9-16)24-14-21-19-10-15(11-25)5-6-20(19)24/h2-11,14H,12-13H2,1H3. The average molecular weight is 346 g/mol. The van der Waals surface area contributed by atoms with E-state index in [4.69, 9.17) is 4.74 Å². The van der Waals surface area contributed by atoms with Crippen LogP contribution < -0.4 is 0 Å². The normalized spacial score (nSPS) is 11.1. The van der Waals surface area contributed by atoms with Crippen LogP contribution >= 0.6 is 0 Å². The predicted octanol–water partition coefficient (Wildman–Crippen LogP) is 3.29. The number of aldehydes is 1. The highest BCUT2D eigenvalue weighted by Crippen LogP contribution is 2.20. The van der Waals surface area contributed by atoms with E-state index in [1.54, 1.807) is 24.7 Å². The van der Waals surface area contributed by atoms with E-state index in [9.17, 15) is 4.79 Å². The van der Waals surface area contributed by atoms with Crippen molar-refractivity contribution in [2.75, 3.05) is 0 Å². The van der Waals surface area contributed by atoms with Gasteiger partial charge in [0.05, 0.1) is 29.9 Å². The molecule has 0 bridgehead atoms. The zero-order valence-electron chi connectivity index (χ0n) is 14.4. The topological polar surface area (TPSA) is 61.9 Å². The second kappa shape index (κ2) is 6.93. The summed E-state index contributed by atoms with van der Waals surface area (Å²) in [5.74, 6) is 0. The van der Waals surface area contributed by atoms with E-state index in [2.05, 4.69) is 16.1 Å². The molecule has 2 aromatic carbocycles. The molecule has 2 aromatic heterocycles. The molecule has 0 spiro atoms. The quantitative estimate of drug-likeness (QED) is 0.503. The van der Waals surface area contributed by atoms with Crippen LogP contribution in [0, 0.1) is 0 Å². The Morgan fingerprint density at radius 3 is 2.85 bits per heavy atom. The number of benzene rings is 2. The Kier molecular flexibility index (Phi) is 4.33. The minimum atomic E-state index is 0.515. The summed E-state index contributed by atoms with van der Waals surface area (Å²) in [7, 11) is 1.90. The molecule has 4 rings (SSSR count). The molecule has 0 atom stereocenters. The van der Waals surface area contributed by atoms with Crippen molar-refractivity contribution in [2.45, 2.75) is 13.2 Å². The van der Waals surface area contributed by atoms with E-state index in [0.29, 0.717) is 18.8 Å². The van der Waals surface area contributed by atoms with Gasteiger partial charge >= 0.3 is 0 Å². The fourth-order valence-corrected chi connectivity index (χ4v) is 2.92. The third-order valence-electron chi connectivity index (χ3n) is 4.34. The van der Waals surface area contributed by atoms with Crippen molar-refractivity contribution in [1.82, 2.24) is 19.3 Å². The summed E-state index contributed by atoms with van der Waals surface area (Å²) >= 11 is 0. The van der Waals surface area contributed by atoms with Crippen LogP contribution in [-0.4, -0.2) is 25.6 Å². The Hall–Kier alpha value is -3.25. The zero-order chi connectivity index (χ0) is 17.9. The largest absolute Gasteiger partial charge is 0.370 e. The molecule has 0 saturated heterocycles. The molecule has 26 heavy (non-hydrogen) atoms. The molecule has 2 heterocycles. The zero-order valence-corrected chi connectivity index (χ0v) is 14.4. The molecule has 4 aromatic rings. The number of rotatable bonds is 6. The number of ether oxygens (including phenoxy) is 1. The smallest absolute Gasteiger partial charge is 0.150 e. The maximum atomic E-state index is 10.9. The van der Waals surface area contributed by atoms with Crippen LogP contribution in [0.4, 0.5) is 0 Å². The lowest BCUT2D eigenvalue weighted by Gasteiger charge is -2.08. The molecular formula is C20H18N4O2. The molecule has 130 valence electrons. The van der Waals surface area contributed by atoms with Crippen molar-refractivity contribution in [3.8, 4) is 5.69 Å². The van der Waals surface area contributed by atoms with Gasteiger partial charge in [0.25, 0.3) is 0 Å². The molecule has 0 unspecified atom stereocenters. The number of carbonyl (C=O) groups is 1. The number of aromatic nitrogens is 4. The van der Waals surface area contributed by atoms with E-state index < -0.39 is 0 Å². The number of nitrogens with zero attached hydrogens (tertiary/aromatic N) is 4. The summed E-state index contributed by atoms with van der Waals surface area (Å²) in [5, 5.41) is 4.14. The van der Waals surface area contributed by atoms with Crippen LogP contribution in [0.15, 0.2) is 61.1 Å². The first-order chi connectivity index (χ1) is 12.7. The Morgan fingerprint density at radius 2 is 2.04 bits per heavy atom. The lowest BCUT2D eigenvalue weighted by Crippen LogP contribution is -2.01. The van der Waals surface area contributed by atoms with E-state index >= 15 is 0 Å². The minimum absolute atomic E-state index is 0.515. The van der Waals surface area contributed by atoms with Crippen LogP contribution in [-0.2, 0) is 25.0 Å². The third-order valence-corrected chi connectivity index (χ3v) is 4.34. The van der Waals surface area contributed by atoms with Crippen LogP contribution in [0.5, 0.6) is 0 Å². The molecule has 0 N–H and O–H groups in total. The maximum absolute atomic E-state index is 10.9. The van der Waals surface area contributed by atoms with Crippen LogP contribution in [0.1, 0.15) is 21.6 Å². The van der Waals surface area contributed by atoms with Crippen LogP contribution in [0.25, 0.3) is 16.7 Å². The Bertz CT molecular complexity index is 1060. The van der Waals surface area contributed by atoms with Gasteiger partial charge in [0.2, 0.25) is 0 Å². The molecule has 0 radical (unpaired) electrons. The number of hydrogen-bond acceptors (Lipinski definition) is 4. The summed E-state index contributed by atoms with van der Waals surface area (Å²) in [4.78, 5) is 15.3. The second-order valence-corrected chi connectivity index (χ2v) is 6.09. The van der Waals surface area contributed by atoms with E-state index in [1.165, 1.54) is 0 Å². The highest BCUT2D eigenvalue weighted by molar-refractivity contribution is 5.85. The van der Waals surface area contributed by atoms with Gasteiger partial charge in [0.15, 0.2) is 0 Å². The fraction of sp³-hybridized carbons (Fsp3) is 0.150. The van der Waals surface area contributed by atoms with Crippen molar-refractivity contribution < 1.29 is 9.53 Å². The lowest BCUT2D eigenvalue weighted by atomic mass is 10.2. The van der Waals surface area contributed by atoms with Gasteiger partial charge in [-0.25, -0.2) is 4.98 Å². The summed E-state index contributed by atoms with van der Waals surface area (Å²) < 4.78 is 9.63. The summed E-state index contributed by atoms with van der Waals surface area (Å²) in [6, 6.07) is 15.6. The minimum Gasteiger partial charge on any atom is -0.370 e. The van der Waals surface area contributed by atoms with Crippen molar-refractivity contribution in [3.63, 3.8) is 0 Å². The molecular weight excluding hydrogens is 328 g/mol. The van der Waals surface area contributed by atoms with Gasteiger partial charge in [-0.1, -0.05) is 12.1 Å². The Balaban J connectivity index is 1.54. The SMILES string of the molecule is Cn1nccc1COCc1cccc(-n2cnc3cc(C=O)ccc32)c1. The van der Waals surface area contributed by atoms with E-state index in [0.717, 1.165) is 34.3 Å². The molecule has 0 aliphatic rings. The van der Waals surface area contributed by atoms with Gasteiger partial charge < -0.3 is 4.74 Å². The maximum Gasteiger partial charge on any atom is 0.150 e. The van der Waals surface area contributed by atoms with Gasteiger partial charge in [-0.2, -0.15) is 5.10 Å². The monoisotopic (exact) mass is 346 g/mol. The second-order valence-electron chi connectivity index (χ2n) is 6.09. The molecule has 6 heteroatoms. The molecule has 0 saturated carbocycles. The average Bonchev–Trinajstić information content (AvgIpc) is 3.27. The molecule has 0 fully saturated rings. The Labute approximate surface area is 150 Å². The Morgan fingerprint density at radius 1 is 1.12 bits per heavy atom. The van der Waals surface area contributed by atoms with Gasteiger partial charge in [0.1, 0.15) is 12.6 Å². The fourth-order valence-electron chi connectivity index (χ4n) is 2.92. The number of carbonyl (C=O) groups excluding carboxylic acids is 1. The summed E-state index contributed by atoms with van der Waals surface area (Å²) in [6.07, 6.45) is 4.37. The van der Waals surface area contributed by atoms with E-state index in [1.807, 2.05) is 46.6 Å².